The third-order valence-electron chi connectivity index (χ3n) is 2.74. The predicted octanol–water partition coefficient (Wildman–Crippen LogP) is 1.12. The minimum atomic E-state index is -0.891. The lowest BCUT2D eigenvalue weighted by Gasteiger charge is -2.36. The number of rotatable bonds is 3. The first-order chi connectivity index (χ1) is 8.79. The van der Waals surface area contributed by atoms with Gasteiger partial charge in [-0.05, 0) is 27.7 Å². The number of anilines is 1. The van der Waals surface area contributed by atoms with Gasteiger partial charge < -0.3 is 10.0 Å². The van der Waals surface area contributed by atoms with Crippen LogP contribution in [0.15, 0.2) is 12.4 Å². The van der Waals surface area contributed by atoms with E-state index in [9.17, 15) is 4.79 Å². The lowest BCUT2D eigenvalue weighted by Crippen LogP contribution is -2.45. The fourth-order valence-electron chi connectivity index (χ4n) is 1.90. The summed E-state index contributed by atoms with van der Waals surface area (Å²) in [5.41, 5.74) is 0.417. The van der Waals surface area contributed by atoms with Gasteiger partial charge in [-0.25, -0.2) is 4.98 Å². The van der Waals surface area contributed by atoms with Gasteiger partial charge in [-0.2, -0.15) is 14.6 Å². The zero-order chi connectivity index (χ0) is 14.2. The van der Waals surface area contributed by atoms with Crippen LogP contribution in [-0.2, 0) is 4.79 Å². The highest BCUT2D eigenvalue weighted by atomic mass is 16.4. The number of aromatic nitrogens is 4. The van der Waals surface area contributed by atoms with Crippen LogP contribution in [0.3, 0.4) is 0 Å². The normalized spacial score (nSPS) is 11.8. The van der Waals surface area contributed by atoms with Gasteiger partial charge in [0.15, 0.2) is 0 Å². The first-order valence-corrected chi connectivity index (χ1v) is 5.96. The molecule has 0 spiro atoms. The summed E-state index contributed by atoms with van der Waals surface area (Å²) in [4.78, 5) is 21.2. The number of hydrogen-bond donors (Lipinski definition) is 1. The standard InChI is InChI=1S/C12H17N5O2/c1-8-5-9(17-11(15-8)13-7-14-17)16(6-10(18)19)12(2,3)4/h5,7H,6H2,1-4H3,(H,18,19). The summed E-state index contributed by atoms with van der Waals surface area (Å²) >= 11 is 0. The van der Waals surface area contributed by atoms with Crippen molar-refractivity contribution in [3.05, 3.63) is 18.1 Å². The third-order valence-corrected chi connectivity index (χ3v) is 2.74. The number of fused-ring (bicyclic) bond motifs is 1. The average Bonchev–Trinajstić information content (AvgIpc) is 2.70. The van der Waals surface area contributed by atoms with E-state index < -0.39 is 5.97 Å². The van der Waals surface area contributed by atoms with Crippen LogP contribution in [-0.4, -0.2) is 42.7 Å². The van der Waals surface area contributed by atoms with Crippen molar-refractivity contribution in [2.45, 2.75) is 33.2 Å². The minimum absolute atomic E-state index is 0.109. The van der Waals surface area contributed by atoms with Gasteiger partial charge in [-0.15, -0.1) is 0 Å². The molecule has 0 aliphatic rings. The Hall–Kier alpha value is -2.18. The lowest BCUT2D eigenvalue weighted by atomic mass is 10.1. The summed E-state index contributed by atoms with van der Waals surface area (Å²) in [6.07, 6.45) is 1.41. The van der Waals surface area contributed by atoms with Gasteiger partial charge in [0.1, 0.15) is 18.7 Å². The molecule has 0 aromatic carbocycles. The Morgan fingerprint density at radius 3 is 2.74 bits per heavy atom. The molecule has 0 bridgehead atoms. The van der Waals surface area contributed by atoms with Crippen LogP contribution in [0.4, 0.5) is 5.82 Å². The van der Waals surface area contributed by atoms with E-state index in [4.69, 9.17) is 5.11 Å². The molecule has 1 N–H and O–H groups in total. The van der Waals surface area contributed by atoms with Crippen LogP contribution in [0, 0.1) is 6.92 Å². The predicted molar refractivity (Wildman–Crippen MR) is 70.3 cm³/mol. The number of carboxylic acids is 1. The van der Waals surface area contributed by atoms with Crippen molar-refractivity contribution in [3.8, 4) is 0 Å². The Balaban J connectivity index is 2.61. The molecule has 0 amide bonds. The second kappa shape index (κ2) is 4.49. The molecular weight excluding hydrogens is 246 g/mol. The van der Waals surface area contributed by atoms with Crippen molar-refractivity contribution in [1.82, 2.24) is 19.6 Å². The highest BCUT2D eigenvalue weighted by Crippen LogP contribution is 2.24. The Kier molecular flexibility index (Phi) is 3.13. The summed E-state index contributed by atoms with van der Waals surface area (Å²) in [6.45, 7) is 7.60. The van der Waals surface area contributed by atoms with E-state index in [-0.39, 0.29) is 12.1 Å². The van der Waals surface area contributed by atoms with E-state index in [1.54, 1.807) is 9.42 Å². The molecule has 2 aromatic rings. The van der Waals surface area contributed by atoms with Crippen LogP contribution in [0.5, 0.6) is 0 Å². The highest BCUT2D eigenvalue weighted by Gasteiger charge is 2.26. The molecule has 0 saturated heterocycles. The zero-order valence-electron chi connectivity index (χ0n) is 11.5. The molecule has 2 aromatic heterocycles. The van der Waals surface area contributed by atoms with E-state index >= 15 is 0 Å². The fraction of sp³-hybridized carbons (Fsp3) is 0.500. The van der Waals surface area contributed by atoms with Gasteiger partial charge in [0, 0.05) is 17.3 Å². The van der Waals surface area contributed by atoms with Crippen molar-refractivity contribution in [3.63, 3.8) is 0 Å². The quantitative estimate of drug-likeness (QED) is 0.893. The van der Waals surface area contributed by atoms with E-state index in [0.717, 1.165) is 5.69 Å². The molecule has 19 heavy (non-hydrogen) atoms. The molecule has 2 heterocycles. The second-order valence-corrected chi connectivity index (χ2v) is 5.38. The minimum Gasteiger partial charge on any atom is -0.480 e. The van der Waals surface area contributed by atoms with Crippen molar-refractivity contribution >= 4 is 17.6 Å². The van der Waals surface area contributed by atoms with Crippen LogP contribution in [0.25, 0.3) is 5.78 Å². The molecule has 0 saturated carbocycles. The van der Waals surface area contributed by atoms with Gasteiger partial charge in [-0.1, -0.05) is 0 Å². The van der Waals surface area contributed by atoms with Crippen LogP contribution in [0.1, 0.15) is 26.5 Å². The number of aryl methyl sites for hydroxylation is 1. The summed E-state index contributed by atoms with van der Waals surface area (Å²) < 4.78 is 1.56. The molecule has 102 valence electrons. The molecular formula is C12H17N5O2. The molecule has 0 aliphatic carbocycles. The fourth-order valence-corrected chi connectivity index (χ4v) is 1.90. The number of nitrogens with zero attached hydrogens (tertiary/aromatic N) is 5. The SMILES string of the molecule is Cc1cc(N(CC(=O)O)C(C)(C)C)n2ncnc2n1. The van der Waals surface area contributed by atoms with Gasteiger partial charge in [0.2, 0.25) is 0 Å². The molecule has 7 nitrogen and oxygen atoms in total. The molecule has 0 aliphatic heterocycles. The maximum Gasteiger partial charge on any atom is 0.323 e. The van der Waals surface area contributed by atoms with Crippen LogP contribution >= 0.6 is 0 Å². The van der Waals surface area contributed by atoms with Crippen molar-refractivity contribution in [2.24, 2.45) is 0 Å². The summed E-state index contributed by atoms with van der Waals surface area (Å²) in [5.74, 6) is 0.252. The largest absolute Gasteiger partial charge is 0.480 e. The Bertz CT molecular complexity index is 614. The number of carboxylic acid groups (broad SMARTS) is 1. The topological polar surface area (TPSA) is 83.6 Å². The molecule has 2 rings (SSSR count). The van der Waals surface area contributed by atoms with Crippen molar-refractivity contribution in [2.75, 3.05) is 11.4 Å². The summed E-state index contributed by atoms with van der Waals surface area (Å²) in [5, 5.41) is 13.2. The molecule has 7 heteroatoms. The maximum absolute atomic E-state index is 11.1. The van der Waals surface area contributed by atoms with Gasteiger partial charge in [0.25, 0.3) is 5.78 Å². The average molecular weight is 263 g/mol. The van der Waals surface area contributed by atoms with Crippen LogP contribution in [0.2, 0.25) is 0 Å². The van der Waals surface area contributed by atoms with E-state index in [1.165, 1.54) is 6.33 Å². The smallest absolute Gasteiger partial charge is 0.323 e. The van der Waals surface area contributed by atoms with Crippen molar-refractivity contribution < 1.29 is 9.90 Å². The second-order valence-electron chi connectivity index (χ2n) is 5.38. The number of hydrogen-bond acceptors (Lipinski definition) is 5. The summed E-state index contributed by atoms with van der Waals surface area (Å²) in [6, 6.07) is 1.82. The Labute approximate surface area is 110 Å². The van der Waals surface area contributed by atoms with Crippen molar-refractivity contribution in [1.29, 1.82) is 0 Å². The highest BCUT2D eigenvalue weighted by molar-refractivity contribution is 5.74. The first-order valence-electron chi connectivity index (χ1n) is 5.96. The lowest BCUT2D eigenvalue weighted by molar-refractivity contribution is -0.135. The van der Waals surface area contributed by atoms with Crippen LogP contribution < -0.4 is 4.90 Å². The Morgan fingerprint density at radius 2 is 2.16 bits per heavy atom. The molecule has 0 unspecified atom stereocenters. The molecule has 0 atom stereocenters. The zero-order valence-corrected chi connectivity index (χ0v) is 11.5. The van der Waals surface area contributed by atoms with E-state index in [1.807, 2.05) is 33.8 Å². The number of aliphatic carboxylic acids is 1. The third kappa shape index (κ3) is 2.64. The number of carbonyl (C=O) groups is 1. The summed E-state index contributed by atoms with van der Waals surface area (Å²) in [7, 11) is 0. The first kappa shape index (κ1) is 13.3. The monoisotopic (exact) mass is 263 g/mol. The molecule has 0 radical (unpaired) electrons. The van der Waals surface area contributed by atoms with Gasteiger partial charge in [-0.3, -0.25) is 4.79 Å². The Morgan fingerprint density at radius 1 is 1.47 bits per heavy atom. The van der Waals surface area contributed by atoms with Gasteiger partial charge in [0.05, 0.1) is 0 Å². The maximum atomic E-state index is 11.1. The van der Waals surface area contributed by atoms with E-state index in [2.05, 4.69) is 15.1 Å². The van der Waals surface area contributed by atoms with Gasteiger partial charge >= 0.3 is 5.97 Å². The molecule has 0 fully saturated rings. The van der Waals surface area contributed by atoms with E-state index in [0.29, 0.717) is 11.6 Å².